The van der Waals surface area contributed by atoms with Gasteiger partial charge in [0, 0.05) is 16.8 Å². The maximum Gasteiger partial charge on any atom is 0.127 e. The number of aryl methyl sites for hydroxylation is 2. The minimum absolute atomic E-state index is 0.0691. The van der Waals surface area contributed by atoms with Crippen molar-refractivity contribution in [2.75, 3.05) is 11.5 Å². The van der Waals surface area contributed by atoms with Crippen molar-refractivity contribution in [3.63, 3.8) is 0 Å². The van der Waals surface area contributed by atoms with Gasteiger partial charge in [0.1, 0.15) is 23.0 Å². The molecule has 4 aliphatic carbocycles. The van der Waals surface area contributed by atoms with E-state index in [0.29, 0.717) is 16.7 Å². The molecule has 8 rings (SSSR count). The summed E-state index contributed by atoms with van der Waals surface area (Å²) in [5, 5.41) is 0. The number of benzene rings is 4. The number of rotatable bonds is 11. The predicted octanol–water partition coefficient (Wildman–Crippen LogP) is 14.2. The van der Waals surface area contributed by atoms with Crippen LogP contribution < -0.4 is 20.9 Å². The number of ether oxygens (including phenoxy) is 2. The van der Waals surface area contributed by atoms with Crippen molar-refractivity contribution in [3.05, 3.63) is 107 Å². The lowest BCUT2D eigenvalue weighted by Gasteiger charge is -2.63. The molecule has 4 N–H and O–H groups in total. The maximum absolute atomic E-state index is 6.36. The molecule has 7 unspecified atom stereocenters. The number of anilines is 2. The van der Waals surface area contributed by atoms with E-state index in [2.05, 4.69) is 76.2 Å². The van der Waals surface area contributed by atoms with Crippen molar-refractivity contribution in [2.45, 2.75) is 130 Å². The highest BCUT2D eigenvalue weighted by molar-refractivity contribution is 5.52. The second-order valence-corrected chi connectivity index (χ2v) is 19.6. The molecular weight excluding hydrogens is 685 g/mol. The molecule has 4 fully saturated rings. The van der Waals surface area contributed by atoms with Gasteiger partial charge in [-0.15, -0.1) is 0 Å². The number of hydrogen-bond donors (Lipinski definition) is 2. The topological polar surface area (TPSA) is 70.5 Å². The minimum atomic E-state index is -0.0691. The normalized spacial score (nSPS) is 28.6. The van der Waals surface area contributed by atoms with E-state index < -0.39 is 0 Å². The standard InChI is InChI=1S/C52H68N2O2/c1-34(2)9-7-10-37(5)51-27-8-11-47(51)45-23-16-40-33-52(30-29-50(40,6)46(45)26-28-51,38-12-17-41(18-13-38)55-43-21-24-48(53)35(3)31-43)39-14-19-42(20-15-39)56-44-22-25-49(54)36(4)32-44/h12-15,17-22,24-25,31-32,34,37,40,45-47H,7-11,16,23,26-30,33,53-54H2,1-6H3. The number of nitrogens with two attached hydrogens (primary N) is 2. The van der Waals surface area contributed by atoms with Gasteiger partial charge in [0.15, 0.2) is 0 Å². The monoisotopic (exact) mass is 753 g/mol. The van der Waals surface area contributed by atoms with Crippen LogP contribution in [0.5, 0.6) is 23.0 Å². The molecule has 0 aliphatic heterocycles. The Morgan fingerprint density at radius 2 is 1.20 bits per heavy atom. The average molecular weight is 753 g/mol. The first kappa shape index (κ1) is 38.9. The van der Waals surface area contributed by atoms with Crippen molar-refractivity contribution in [2.24, 2.45) is 46.3 Å². The van der Waals surface area contributed by atoms with Crippen molar-refractivity contribution < 1.29 is 9.47 Å². The zero-order valence-electron chi connectivity index (χ0n) is 35.2. The van der Waals surface area contributed by atoms with E-state index >= 15 is 0 Å². The molecule has 4 aromatic carbocycles. The maximum atomic E-state index is 6.36. The Morgan fingerprint density at radius 3 is 1.75 bits per heavy atom. The summed E-state index contributed by atoms with van der Waals surface area (Å²) in [6.45, 7) is 14.2. The van der Waals surface area contributed by atoms with Crippen LogP contribution in [0, 0.1) is 60.2 Å². The molecule has 0 radical (unpaired) electrons. The van der Waals surface area contributed by atoms with Gasteiger partial charge >= 0.3 is 0 Å². The van der Waals surface area contributed by atoms with E-state index in [1.54, 1.807) is 0 Å². The highest BCUT2D eigenvalue weighted by atomic mass is 16.5. The Kier molecular flexibility index (Phi) is 10.7. The van der Waals surface area contributed by atoms with Gasteiger partial charge in [0.2, 0.25) is 0 Å². The summed E-state index contributed by atoms with van der Waals surface area (Å²) in [6.07, 6.45) is 18.0. The summed E-state index contributed by atoms with van der Waals surface area (Å²) in [4.78, 5) is 0. The summed E-state index contributed by atoms with van der Waals surface area (Å²) in [7, 11) is 0. The lowest BCUT2D eigenvalue weighted by atomic mass is 9.41. The third kappa shape index (κ3) is 7.13. The summed E-state index contributed by atoms with van der Waals surface area (Å²) in [5.41, 5.74) is 19.6. The van der Waals surface area contributed by atoms with E-state index in [1.807, 2.05) is 50.2 Å². The van der Waals surface area contributed by atoms with Gasteiger partial charge in [-0.2, -0.15) is 0 Å². The fourth-order valence-corrected chi connectivity index (χ4v) is 13.0. The molecule has 56 heavy (non-hydrogen) atoms. The molecule has 0 bridgehead atoms. The van der Waals surface area contributed by atoms with E-state index in [0.717, 1.165) is 75.1 Å². The third-order valence-electron chi connectivity index (χ3n) is 16.3. The van der Waals surface area contributed by atoms with Gasteiger partial charge in [-0.25, -0.2) is 0 Å². The minimum Gasteiger partial charge on any atom is -0.457 e. The molecule has 4 nitrogen and oxygen atoms in total. The highest BCUT2D eigenvalue weighted by Crippen LogP contribution is 2.70. The molecule has 0 amide bonds. The Morgan fingerprint density at radius 1 is 0.625 bits per heavy atom. The van der Waals surface area contributed by atoms with Gasteiger partial charge in [-0.1, -0.05) is 77.6 Å². The van der Waals surface area contributed by atoms with Gasteiger partial charge in [0.25, 0.3) is 0 Å². The summed E-state index contributed by atoms with van der Waals surface area (Å²) in [5.74, 6) is 8.46. The molecular formula is C52H68N2O2. The van der Waals surface area contributed by atoms with E-state index in [9.17, 15) is 0 Å². The third-order valence-corrected chi connectivity index (χ3v) is 16.3. The van der Waals surface area contributed by atoms with Gasteiger partial charge < -0.3 is 20.9 Å². The molecule has 4 saturated carbocycles. The Hall–Kier alpha value is -3.92. The zero-order valence-corrected chi connectivity index (χ0v) is 35.2. The SMILES string of the molecule is Cc1cc(Oc2ccc(C3(c4ccc(Oc5ccc(N)c(C)c5)cc4)CCC4(C)C(CCC5C4CCC4(C(C)CCCC(C)C)CCCC54)C3)cc2)ccc1N. The summed E-state index contributed by atoms with van der Waals surface area (Å²) in [6, 6.07) is 29.9. The largest absolute Gasteiger partial charge is 0.457 e. The fraction of sp³-hybridized carbons (Fsp3) is 0.538. The van der Waals surface area contributed by atoms with Crippen LogP contribution in [0.25, 0.3) is 0 Å². The van der Waals surface area contributed by atoms with Crippen LogP contribution in [0.2, 0.25) is 0 Å². The lowest BCUT2D eigenvalue weighted by Crippen LogP contribution is -2.56. The quantitative estimate of drug-likeness (QED) is 0.150. The molecule has 298 valence electrons. The Balaban J connectivity index is 1.07. The van der Waals surface area contributed by atoms with E-state index in [-0.39, 0.29) is 5.41 Å². The molecule has 7 atom stereocenters. The van der Waals surface area contributed by atoms with Crippen LogP contribution >= 0.6 is 0 Å². The molecule has 0 aromatic heterocycles. The number of hydrogen-bond acceptors (Lipinski definition) is 4. The Labute approximate surface area is 338 Å². The zero-order chi connectivity index (χ0) is 39.2. The number of fused-ring (bicyclic) bond motifs is 5. The molecule has 0 heterocycles. The van der Waals surface area contributed by atoms with E-state index in [1.165, 1.54) is 94.6 Å². The van der Waals surface area contributed by atoms with Crippen LogP contribution in [-0.4, -0.2) is 0 Å². The van der Waals surface area contributed by atoms with Gasteiger partial charge in [-0.3, -0.25) is 0 Å². The van der Waals surface area contributed by atoms with Crippen LogP contribution in [-0.2, 0) is 5.41 Å². The van der Waals surface area contributed by atoms with Gasteiger partial charge in [0.05, 0.1) is 0 Å². The van der Waals surface area contributed by atoms with Crippen molar-refractivity contribution in [1.29, 1.82) is 0 Å². The van der Waals surface area contributed by atoms with Crippen molar-refractivity contribution in [3.8, 4) is 23.0 Å². The smallest absolute Gasteiger partial charge is 0.127 e. The predicted molar refractivity (Wildman–Crippen MR) is 234 cm³/mol. The molecule has 4 heteroatoms. The second kappa shape index (κ2) is 15.4. The first-order chi connectivity index (χ1) is 26.9. The second-order valence-electron chi connectivity index (χ2n) is 19.6. The van der Waals surface area contributed by atoms with Crippen LogP contribution in [0.4, 0.5) is 11.4 Å². The summed E-state index contributed by atoms with van der Waals surface area (Å²) < 4.78 is 12.7. The lowest BCUT2D eigenvalue weighted by molar-refractivity contribution is -0.127. The Bertz CT molecular complexity index is 1890. The molecule has 4 aliphatic rings. The number of nitrogen functional groups attached to an aromatic ring is 2. The van der Waals surface area contributed by atoms with Crippen LogP contribution in [0.3, 0.4) is 0 Å². The fourth-order valence-electron chi connectivity index (χ4n) is 13.0. The average Bonchev–Trinajstić information content (AvgIpc) is 3.64. The summed E-state index contributed by atoms with van der Waals surface area (Å²) >= 11 is 0. The van der Waals surface area contributed by atoms with Crippen LogP contribution in [0.1, 0.15) is 133 Å². The highest BCUT2D eigenvalue weighted by Gasteiger charge is 2.61. The molecule has 0 saturated heterocycles. The van der Waals surface area contributed by atoms with Crippen LogP contribution in [0.15, 0.2) is 84.9 Å². The van der Waals surface area contributed by atoms with Crippen molar-refractivity contribution in [1.82, 2.24) is 0 Å². The van der Waals surface area contributed by atoms with Crippen molar-refractivity contribution >= 4 is 11.4 Å². The first-order valence-electron chi connectivity index (χ1n) is 22.2. The molecule has 0 spiro atoms. The van der Waals surface area contributed by atoms with E-state index in [4.69, 9.17) is 20.9 Å². The first-order valence-corrected chi connectivity index (χ1v) is 22.2. The van der Waals surface area contributed by atoms with Gasteiger partial charge in [-0.05, 0) is 201 Å². The molecule has 4 aromatic rings.